The molecule has 4 N–H and O–H groups in total. The van der Waals surface area contributed by atoms with Crippen LogP contribution in [0.1, 0.15) is 37.0 Å². The van der Waals surface area contributed by atoms with Crippen LogP contribution in [-0.2, 0) is 0 Å². The molecule has 1 aromatic rings. The third-order valence-corrected chi connectivity index (χ3v) is 2.88. The molecule has 5 heteroatoms. The number of hydrogen-bond donors (Lipinski definition) is 3. The molecule has 0 aliphatic rings. The molecule has 0 unspecified atom stereocenters. The number of aromatic nitrogens is 1. The third-order valence-electron chi connectivity index (χ3n) is 2.88. The van der Waals surface area contributed by atoms with E-state index in [1.54, 1.807) is 18.3 Å². The number of pyridine rings is 1. The lowest BCUT2D eigenvalue weighted by atomic mass is 10.0. The predicted molar refractivity (Wildman–Crippen MR) is 68.5 cm³/mol. The molecule has 0 aromatic carbocycles. The van der Waals surface area contributed by atoms with Crippen molar-refractivity contribution in [2.24, 2.45) is 11.8 Å². The molecule has 0 saturated carbocycles. The summed E-state index contributed by atoms with van der Waals surface area (Å²) < 4.78 is 0. The van der Waals surface area contributed by atoms with Gasteiger partial charge in [0.1, 0.15) is 5.82 Å². The van der Waals surface area contributed by atoms with E-state index in [4.69, 9.17) is 5.84 Å². The molecular formula is C12H20N4O. The maximum Gasteiger partial charge on any atom is 0.251 e. The average Bonchev–Trinajstić information content (AvgIpc) is 2.39. The maximum atomic E-state index is 11.8. The maximum absolute atomic E-state index is 11.8. The molecular weight excluding hydrogens is 216 g/mol. The molecule has 5 nitrogen and oxygen atoms in total. The summed E-state index contributed by atoms with van der Waals surface area (Å²) in [6.07, 6.45) is 3.70. The number of nitrogens with one attached hydrogen (secondary N) is 2. The van der Waals surface area contributed by atoms with Crippen LogP contribution >= 0.6 is 0 Å². The molecule has 94 valence electrons. The molecule has 0 atom stereocenters. The number of hydrazine groups is 1. The Morgan fingerprint density at radius 3 is 2.76 bits per heavy atom. The van der Waals surface area contributed by atoms with Gasteiger partial charge in [0.2, 0.25) is 0 Å². The average molecular weight is 236 g/mol. The molecule has 1 heterocycles. The van der Waals surface area contributed by atoms with Gasteiger partial charge in [-0.1, -0.05) is 26.7 Å². The first-order valence-electron chi connectivity index (χ1n) is 5.92. The van der Waals surface area contributed by atoms with Crippen molar-refractivity contribution in [3.05, 3.63) is 23.9 Å². The van der Waals surface area contributed by atoms with Gasteiger partial charge in [-0.25, -0.2) is 10.8 Å². The lowest BCUT2D eigenvalue weighted by Gasteiger charge is -2.13. The van der Waals surface area contributed by atoms with E-state index >= 15 is 0 Å². The first-order valence-corrected chi connectivity index (χ1v) is 5.92. The van der Waals surface area contributed by atoms with Crippen molar-refractivity contribution in [3.8, 4) is 0 Å². The molecule has 0 aliphatic carbocycles. The minimum absolute atomic E-state index is 0.0872. The van der Waals surface area contributed by atoms with Crippen molar-refractivity contribution in [1.82, 2.24) is 10.3 Å². The molecule has 0 aliphatic heterocycles. The Labute approximate surface area is 102 Å². The van der Waals surface area contributed by atoms with E-state index in [0.29, 0.717) is 23.8 Å². The van der Waals surface area contributed by atoms with Crippen molar-refractivity contribution in [1.29, 1.82) is 0 Å². The standard InChI is InChI=1S/C12H20N4O/c1-3-9(4-2)8-15-12(17)10-5-6-14-11(7-10)16-13/h5-7,9H,3-4,8,13H2,1-2H3,(H,14,16)(H,15,17). The fraction of sp³-hybridized carbons (Fsp3) is 0.500. The zero-order chi connectivity index (χ0) is 12.7. The summed E-state index contributed by atoms with van der Waals surface area (Å²) in [6.45, 7) is 4.96. The Hall–Kier alpha value is -1.62. The molecule has 0 bridgehead atoms. The normalized spacial score (nSPS) is 10.4. The monoisotopic (exact) mass is 236 g/mol. The van der Waals surface area contributed by atoms with Crippen LogP contribution in [-0.4, -0.2) is 17.4 Å². The summed E-state index contributed by atoms with van der Waals surface area (Å²) in [5.74, 6) is 6.17. The number of rotatable bonds is 6. The quantitative estimate of drug-likeness (QED) is 0.517. The number of nitrogens with two attached hydrogens (primary N) is 1. The van der Waals surface area contributed by atoms with Crippen LogP contribution in [0.4, 0.5) is 5.82 Å². The van der Waals surface area contributed by atoms with Crippen molar-refractivity contribution in [2.75, 3.05) is 12.0 Å². The Morgan fingerprint density at radius 1 is 1.47 bits per heavy atom. The van der Waals surface area contributed by atoms with Crippen LogP contribution in [0.15, 0.2) is 18.3 Å². The highest BCUT2D eigenvalue weighted by Crippen LogP contribution is 2.08. The van der Waals surface area contributed by atoms with Gasteiger partial charge in [-0.05, 0) is 18.1 Å². The predicted octanol–water partition coefficient (Wildman–Crippen LogP) is 1.53. The summed E-state index contributed by atoms with van der Waals surface area (Å²) in [5, 5.41) is 2.92. The van der Waals surface area contributed by atoms with E-state index in [1.165, 1.54) is 0 Å². The van der Waals surface area contributed by atoms with Gasteiger partial charge in [0.05, 0.1) is 0 Å². The van der Waals surface area contributed by atoms with Crippen molar-refractivity contribution >= 4 is 11.7 Å². The molecule has 0 saturated heterocycles. The molecule has 0 fully saturated rings. The highest BCUT2D eigenvalue weighted by atomic mass is 16.1. The van der Waals surface area contributed by atoms with Gasteiger partial charge in [-0.2, -0.15) is 0 Å². The Morgan fingerprint density at radius 2 is 2.18 bits per heavy atom. The minimum Gasteiger partial charge on any atom is -0.352 e. The van der Waals surface area contributed by atoms with E-state index < -0.39 is 0 Å². The molecule has 17 heavy (non-hydrogen) atoms. The molecule has 1 rings (SSSR count). The highest BCUT2D eigenvalue weighted by molar-refractivity contribution is 5.94. The second-order valence-corrected chi connectivity index (χ2v) is 3.97. The number of anilines is 1. The second kappa shape index (κ2) is 6.85. The van der Waals surface area contributed by atoms with Gasteiger partial charge >= 0.3 is 0 Å². The largest absolute Gasteiger partial charge is 0.352 e. The van der Waals surface area contributed by atoms with Gasteiger partial charge in [0.25, 0.3) is 5.91 Å². The van der Waals surface area contributed by atoms with Crippen LogP contribution in [0.25, 0.3) is 0 Å². The zero-order valence-electron chi connectivity index (χ0n) is 10.4. The first kappa shape index (κ1) is 13.4. The van der Waals surface area contributed by atoms with Crippen LogP contribution in [0.2, 0.25) is 0 Å². The topological polar surface area (TPSA) is 80.0 Å². The molecule has 1 aromatic heterocycles. The minimum atomic E-state index is -0.0872. The molecule has 0 radical (unpaired) electrons. The summed E-state index contributed by atoms with van der Waals surface area (Å²) in [4.78, 5) is 15.8. The van der Waals surface area contributed by atoms with Gasteiger partial charge < -0.3 is 10.7 Å². The fourth-order valence-electron chi connectivity index (χ4n) is 1.57. The zero-order valence-corrected chi connectivity index (χ0v) is 10.4. The number of amides is 1. The Bertz CT molecular complexity index is 363. The Balaban J connectivity index is 2.57. The Kier molecular flexibility index (Phi) is 5.42. The van der Waals surface area contributed by atoms with Crippen LogP contribution in [0, 0.1) is 5.92 Å². The summed E-state index contributed by atoms with van der Waals surface area (Å²) in [6, 6.07) is 3.30. The van der Waals surface area contributed by atoms with Crippen molar-refractivity contribution in [2.45, 2.75) is 26.7 Å². The molecule has 0 spiro atoms. The second-order valence-electron chi connectivity index (χ2n) is 3.97. The number of nitrogen functional groups attached to an aromatic ring is 1. The highest BCUT2D eigenvalue weighted by Gasteiger charge is 2.09. The van der Waals surface area contributed by atoms with Crippen LogP contribution in [0.5, 0.6) is 0 Å². The van der Waals surface area contributed by atoms with Crippen LogP contribution < -0.4 is 16.6 Å². The number of nitrogens with zero attached hydrogens (tertiary/aromatic N) is 1. The number of carbonyl (C=O) groups is 1. The summed E-state index contributed by atoms with van der Waals surface area (Å²) >= 11 is 0. The van der Waals surface area contributed by atoms with E-state index in [1.807, 2.05) is 0 Å². The SMILES string of the molecule is CCC(CC)CNC(=O)c1ccnc(NN)c1. The number of carbonyl (C=O) groups excluding carboxylic acids is 1. The van der Waals surface area contributed by atoms with E-state index in [0.717, 1.165) is 12.8 Å². The number of hydrogen-bond acceptors (Lipinski definition) is 4. The summed E-state index contributed by atoms with van der Waals surface area (Å²) in [7, 11) is 0. The lowest BCUT2D eigenvalue weighted by molar-refractivity contribution is 0.0946. The van der Waals surface area contributed by atoms with E-state index in [2.05, 4.69) is 29.6 Å². The van der Waals surface area contributed by atoms with Gasteiger partial charge in [-0.3, -0.25) is 4.79 Å². The van der Waals surface area contributed by atoms with Gasteiger partial charge in [0, 0.05) is 18.3 Å². The smallest absolute Gasteiger partial charge is 0.251 e. The molecule has 1 amide bonds. The van der Waals surface area contributed by atoms with Gasteiger partial charge in [-0.15, -0.1) is 0 Å². The van der Waals surface area contributed by atoms with Gasteiger partial charge in [0.15, 0.2) is 0 Å². The fourth-order valence-corrected chi connectivity index (χ4v) is 1.57. The first-order chi connectivity index (χ1) is 8.21. The van der Waals surface area contributed by atoms with Crippen molar-refractivity contribution in [3.63, 3.8) is 0 Å². The lowest BCUT2D eigenvalue weighted by Crippen LogP contribution is -2.29. The van der Waals surface area contributed by atoms with Crippen LogP contribution in [0.3, 0.4) is 0 Å². The third kappa shape index (κ3) is 4.03. The van der Waals surface area contributed by atoms with Crippen molar-refractivity contribution < 1.29 is 4.79 Å². The van der Waals surface area contributed by atoms with E-state index in [-0.39, 0.29) is 5.91 Å². The summed E-state index contributed by atoms with van der Waals surface area (Å²) in [5.41, 5.74) is 2.99. The van der Waals surface area contributed by atoms with E-state index in [9.17, 15) is 4.79 Å².